The molecule has 1 aliphatic heterocycles. The van der Waals surface area contributed by atoms with Crippen LogP contribution in [-0.2, 0) is 28.5 Å². The highest BCUT2D eigenvalue weighted by Gasteiger charge is 2.44. The lowest BCUT2D eigenvalue weighted by molar-refractivity contribution is -0.305. The average Bonchev–Trinajstić information content (AvgIpc) is 3.15. The van der Waals surface area contributed by atoms with Crippen molar-refractivity contribution in [1.29, 1.82) is 0 Å². The topological polar surface area (TPSA) is 152 Å². The van der Waals surface area contributed by atoms with Crippen molar-refractivity contribution in [3.05, 3.63) is 12.2 Å². The molecular formula is C43H80O10. The van der Waals surface area contributed by atoms with Gasteiger partial charge in [-0.05, 0) is 38.5 Å². The number of hydrogen-bond donors (Lipinski definition) is 4. The van der Waals surface area contributed by atoms with E-state index >= 15 is 0 Å². The second-order valence-corrected chi connectivity index (χ2v) is 15.2. The molecule has 312 valence electrons. The molecule has 0 spiro atoms. The maximum Gasteiger partial charge on any atom is 0.306 e. The van der Waals surface area contributed by atoms with Crippen LogP contribution in [0.25, 0.3) is 0 Å². The van der Waals surface area contributed by atoms with Crippen molar-refractivity contribution in [3.8, 4) is 0 Å². The van der Waals surface area contributed by atoms with Crippen molar-refractivity contribution < 1.29 is 49.0 Å². The number of aliphatic hydroxyl groups excluding tert-OH is 4. The van der Waals surface area contributed by atoms with Gasteiger partial charge in [0, 0.05) is 12.8 Å². The maximum absolute atomic E-state index is 12.7. The van der Waals surface area contributed by atoms with Gasteiger partial charge < -0.3 is 39.4 Å². The van der Waals surface area contributed by atoms with Crippen LogP contribution < -0.4 is 0 Å². The van der Waals surface area contributed by atoms with Crippen molar-refractivity contribution in [2.45, 2.75) is 230 Å². The van der Waals surface area contributed by atoms with Crippen molar-refractivity contribution in [2.24, 2.45) is 0 Å². The zero-order valence-electron chi connectivity index (χ0n) is 33.8. The summed E-state index contributed by atoms with van der Waals surface area (Å²) < 4.78 is 22.1. The van der Waals surface area contributed by atoms with Gasteiger partial charge >= 0.3 is 11.9 Å². The Labute approximate surface area is 322 Å². The Morgan fingerprint density at radius 1 is 0.566 bits per heavy atom. The fraction of sp³-hybridized carbons (Fsp3) is 0.907. The SMILES string of the molecule is CCCCCCCC/C=C/CCCCCCCC(=O)OC(COC(=O)CCCCCCCCCCCCCCC)COC1O[C@H](CO)[C@@H](O)[C@H](O)[C@H]1O. The number of aliphatic hydroxyl groups is 4. The molecule has 0 amide bonds. The van der Waals surface area contributed by atoms with Gasteiger partial charge in [0.25, 0.3) is 0 Å². The van der Waals surface area contributed by atoms with Crippen molar-refractivity contribution in [1.82, 2.24) is 0 Å². The number of esters is 2. The third kappa shape index (κ3) is 26.8. The van der Waals surface area contributed by atoms with Gasteiger partial charge in [-0.1, -0.05) is 154 Å². The summed E-state index contributed by atoms with van der Waals surface area (Å²) in [5.74, 6) is -0.809. The number of unbranched alkanes of at least 4 members (excludes halogenated alkanes) is 23. The third-order valence-electron chi connectivity index (χ3n) is 10.2. The third-order valence-corrected chi connectivity index (χ3v) is 10.2. The highest BCUT2D eigenvalue weighted by molar-refractivity contribution is 5.70. The van der Waals surface area contributed by atoms with Crippen LogP contribution >= 0.6 is 0 Å². The fourth-order valence-corrected chi connectivity index (χ4v) is 6.65. The molecule has 0 saturated carbocycles. The van der Waals surface area contributed by atoms with Crippen LogP contribution in [0.4, 0.5) is 0 Å². The molecular weight excluding hydrogens is 676 g/mol. The lowest BCUT2D eigenvalue weighted by Crippen LogP contribution is -2.59. The van der Waals surface area contributed by atoms with Gasteiger partial charge in [-0.2, -0.15) is 0 Å². The molecule has 1 heterocycles. The Morgan fingerprint density at radius 2 is 1.00 bits per heavy atom. The van der Waals surface area contributed by atoms with Crippen molar-refractivity contribution in [3.63, 3.8) is 0 Å². The average molecular weight is 757 g/mol. The van der Waals surface area contributed by atoms with E-state index in [1.807, 2.05) is 0 Å². The smallest absolute Gasteiger partial charge is 0.306 e. The molecule has 1 aliphatic rings. The summed E-state index contributed by atoms with van der Waals surface area (Å²) in [5.41, 5.74) is 0. The molecule has 0 aromatic carbocycles. The summed E-state index contributed by atoms with van der Waals surface area (Å²) in [6.45, 7) is 3.41. The summed E-state index contributed by atoms with van der Waals surface area (Å²) in [4.78, 5) is 25.3. The minimum Gasteiger partial charge on any atom is -0.462 e. The van der Waals surface area contributed by atoms with Gasteiger partial charge in [-0.15, -0.1) is 0 Å². The highest BCUT2D eigenvalue weighted by Crippen LogP contribution is 2.23. The monoisotopic (exact) mass is 757 g/mol. The number of rotatable bonds is 36. The molecule has 4 N–H and O–H groups in total. The Kier molecular flexibility index (Phi) is 32.6. The number of hydrogen-bond acceptors (Lipinski definition) is 10. The molecule has 1 rings (SSSR count). The number of allylic oxidation sites excluding steroid dienone is 2. The predicted molar refractivity (Wildman–Crippen MR) is 210 cm³/mol. The van der Waals surface area contributed by atoms with E-state index in [0.29, 0.717) is 6.42 Å². The van der Waals surface area contributed by atoms with Crippen LogP contribution in [0.15, 0.2) is 12.2 Å². The van der Waals surface area contributed by atoms with Crippen LogP contribution in [-0.4, -0.2) is 89.0 Å². The molecule has 0 aromatic heterocycles. The lowest BCUT2D eigenvalue weighted by atomic mass is 9.99. The molecule has 6 atom stereocenters. The van der Waals surface area contributed by atoms with Crippen LogP contribution in [0.2, 0.25) is 0 Å². The standard InChI is InChI=1S/C43H80O10/c1-3-5-7-9-11-13-15-17-18-20-22-24-26-28-30-32-39(46)52-36(35-51-43-42(49)41(48)40(47)37(33-44)53-43)34-50-38(45)31-29-27-25-23-21-19-16-14-12-10-8-6-4-2/h17-18,36-37,40-44,47-49H,3-16,19-35H2,1-2H3/b18-17+/t36?,37-,40-,41+,42-,43?/m1/s1. The molecule has 2 unspecified atom stereocenters. The van der Waals surface area contributed by atoms with Crippen LogP contribution in [0, 0.1) is 0 Å². The van der Waals surface area contributed by atoms with E-state index in [0.717, 1.165) is 51.4 Å². The number of ether oxygens (including phenoxy) is 4. The quantitative estimate of drug-likeness (QED) is 0.0277. The number of carbonyl (C=O) groups is 2. The minimum absolute atomic E-state index is 0.215. The first kappa shape index (κ1) is 49.5. The largest absolute Gasteiger partial charge is 0.462 e. The van der Waals surface area contributed by atoms with E-state index < -0.39 is 49.4 Å². The second-order valence-electron chi connectivity index (χ2n) is 15.2. The predicted octanol–water partition coefficient (Wildman–Crippen LogP) is 8.78. The Hall–Kier alpha value is -1.56. The van der Waals surface area contributed by atoms with Crippen LogP contribution in [0.3, 0.4) is 0 Å². The molecule has 10 heteroatoms. The van der Waals surface area contributed by atoms with E-state index in [1.165, 1.54) is 109 Å². The molecule has 1 saturated heterocycles. The van der Waals surface area contributed by atoms with Gasteiger partial charge in [0.05, 0.1) is 13.2 Å². The molecule has 0 aliphatic carbocycles. The molecule has 0 radical (unpaired) electrons. The van der Waals surface area contributed by atoms with E-state index in [-0.39, 0.29) is 32.0 Å². The normalized spacial score (nSPS) is 20.9. The van der Waals surface area contributed by atoms with E-state index in [2.05, 4.69) is 26.0 Å². The Balaban J connectivity index is 2.35. The Bertz CT molecular complexity index is 881. The lowest BCUT2D eigenvalue weighted by Gasteiger charge is -2.39. The first-order valence-electron chi connectivity index (χ1n) is 21.8. The zero-order valence-corrected chi connectivity index (χ0v) is 33.8. The zero-order chi connectivity index (χ0) is 38.8. The molecule has 0 aromatic rings. The first-order chi connectivity index (χ1) is 25.8. The minimum atomic E-state index is -1.59. The maximum atomic E-state index is 12.7. The van der Waals surface area contributed by atoms with E-state index in [1.54, 1.807) is 0 Å². The van der Waals surface area contributed by atoms with Crippen molar-refractivity contribution >= 4 is 11.9 Å². The van der Waals surface area contributed by atoms with Crippen LogP contribution in [0.5, 0.6) is 0 Å². The Morgan fingerprint density at radius 3 is 1.47 bits per heavy atom. The summed E-state index contributed by atoms with van der Waals surface area (Å²) >= 11 is 0. The summed E-state index contributed by atoms with van der Waals surface area (Å²) in [6.07, 6.45) is 27.9. The highest BCUT2D eigenvalue weighted by atomic mass is 16.7. The summed E-state index contributed by atoms with van der Waals surface area (Å²) in [5, 5.41) is 40.0. The molecule has 53 heavy (non-hydrogen) atoms. The number of carbonyl (C=O) groups excluding carboxylic acids is 2. The summed E-state index contributed by atoms with van der Waals surface area (Å²) in [7, 11) is 0. The van der Waals surface area contributed by atoms with Crippen LogP contribution in [0.1, 0.15) is 194 Å². The van der Waals surface area contributed by atoms with Crippen molar-refractivity contribution in [2.75, 3.05) is 19.8 Å². The molecule has 10 nitrogen and oxygen atoms in total. The van der Waals surface area contributed by atoms with Gasteiger partial charge in [0.2, 0.25) is 0 Å². The second kappa shape index (κ2) is 34.9. The van der Waals surface area contributed by atoms with Gasteiger partial charge in [-0.25, -0.2) is 0 Å². The molecule has 1 fully saturated rings. The van der Waals surface area contributed by atoms with Gasteiger partial charge in [-0.3, -0.25) is 9.59 Å². The van der Waals surface area contributed by atoms with E-state index in [9.17, 15) is 30.0 Å². The first-order valence-corrected chi connectivity index (χ1v) is 21.8. The van der Waals surface area contributed by atoms with E-state index in [4.69, 9.17) is 18.9 Å². The fourth-order valence-electron chi connectivity index (χ4n) is 6.65. The molecule has 0 bridgehead atoms. The summed E-state index contributed by atoms with van der Waals surface area (Å²) in [6, 6.07) is 0. The van der Waals surface area contributed by atoms with Gasteiger partial charge in [0.1, 0.15) is 31.0 Å². The van der Waals surface area contributed by atoms with Gasteiger partial charge in [0.15, 0.2) is 12.4 Å².